The van der Waals surface area contributed by atoms with Crippen molar-refractivity contribution in [1.29, 1.82) is 0 Å². The van der Waals surface area contributed by atoms with Gasteiger partial charge in [0.15, 0.2) is 0 Å². The van der Waals surface area contributed by atoms with E-state index in [1.165, 1.54) is 12.8 Å². The Morgan fingerprint density at radius 2 is 2.12 bits per heavy atom. The molecule has 0 amide bonds. The highest BCUT2D eigenvalue weighted by Crippen LogP contribution is 2.28. The molecule has 0 aromatic rings. The third kappa shape index (κ3) is 5.36. The van der Waals surface area contributed by atoms with Gasteiger partial charge in [0.2, 0.25) is 0 Å². The molecule has 2 rings (SSSR count). The average Bonchev–Trinajstić information content (AvgIpc) is 3.05. The zero-order chi connectivity index (χ0) is 12.1. The molecule has 0 radical (unpaired) electrons. The molecule has 1 unspecified atom stereocenters. The van der Waals surface area contributed by atoms with E-state index in [0.29, 0.717) is 6.04 Å². The van der Waals surface area contributed by atoms with Gasteiger partial charge in [-0.2, -0.15) is 0 Å². The zero-order valence-electron chi connectivity index (χ0n) is 11.3. The lowest BCUT2D eigenvalue weighted by Gasteiger charge is -2.36. The molecule has 3 heteroatoms. The number of rotatable bonds is 7. The highest BCUT2D eigenvalue weighted by molar-refractivity contribution is 4.82. The van der Waals surface area contributed by atoms with Gasteiger partial charge in [0.05, 0.1) is 5.60 Å². The average molecular weight is 241 g/mol. The lowest BCUT2D eigenvalue weighted by Crippen LogP contribution is -2.44. The van der Waals surface area contributed by atoms with Gasteiger partial charge >= 0.3 is 0 Å². The molecular formula is C14H27NO2. The summed E-state index contributed by atoms with van der Waals surface area (Å²) in [6, 6.07) is 0.627. The van der Waals surface area contributed by atoms with E-state index in [9.17, 15) is 0 Å². The van der Waals surface area contributed by atoms with Gasteiger partial charge in [-0.15, -0.1) is 0 Å². The second kappa shape index (κ2) is 6.17. The summed E-state index contributed by atoms with van der Waals surface area (Å²) >= 11 is 0. The van der Waals surface area contributed by atoms with Crippen LogP contribution < -0.4 is 5.32 Å². The molecule has 2 aliphatic rings. The van der Waals surface area contributed by atoms with Gasteiger partial charge in [-0.25, -0.2) is 0 Å². The van der Waals surface area contributed by atoms with Crippen molar-refractivity contribution in [2.24, 2.45) is 5.92 Å². The number of ether oxygens (including phenoxy) is 2. The lowest BCUT2D eigenvalue weighted by atomic mass is 9.94. The van der Waals surface area contributed by atoms with E-state index in [-0.39, 0.29) is 5.60 Å². The number of hydrogen-bond donors (Lipinski definition) is 1. The molecule has 100 valence electrons. The SMILES string of the molecule is CC1(C)CC(NCCCOCC2CC2)CCO1. The van der Waals surface area contributed by atoms with E-state index in [2.05, 4.69) is 19.2 Å². The van der Waals surface area contributed by atoms with Crippen LogP contribution in [0.3, 0.4) is 0 Å². The summed E-state index contributed by atoms with van der Waals surface area (Å²) in [5.41, 5.74) is 0.0540. The molecule has 1 aliphatic heterocycles. The summed E-state index contributed by atoms with van der Waals surface area (Å²) in [7, 11) is 0. The number of hydrogen-bond acceptors (Lipinski definition) is 3. The van der Waals surface area contributed by atoms with E-state index in [4.69, 9.17) is 9.47 Å². The molecule has 1 N–H and O–H groups in total. The fourth-order valence-electron chi connectivity index (χ4n) is 2.42. The van der Waals surface area contributed by atoms with Crippen molar-refractivity contribution < 1.29 is 9.47 Å². The second-order valence-electron chi connectivity index (χ2n) is 6.12. The smallest absolute Gasteiger partial charge is 0.0641 e. The molecule has 3 nitrogen and oxygen atoms in total. The fraction of sp³-hybridized carbons (Fsp3) is 1.00. The van der Waals surface area contributed by atoms with Crippen molar-refractivity contribution in [2.75, 3.05) is 26.4 Å². The second-order valence-corrected chi connectivity index (χ2v) is 6.12. The normalized spacial score (nSPS) is 28.2. The minimum Gasteiger partial charge on any atom is -0.381 e. The van der Waals surface area contributed by atoms with Crippen molar-refractivity contribution in [2.45, 2.75) is 57.6 Å². The number of nitrogens with one attached hydrogen (secondary N) is 1. The maximum Gasteiger partial charge on any atom is 0.0641 e. The van der Waals surface area contributed by atoms with Crippen LogP contribution in [-0.4, -0.2) is 38.0 Å². The molecule has 1 atom stereocenters. The summed E-state index contributed by atoms with van der Waals surface area (Å²) in [6.07, 6.45) is 6.16. The first-order valence-corrected chi connectivity index (χ1v) is 7.11. The van der Waals surface area contributed by atoms with Crippen molar-refractivity contribution in [3.05, 3.63) is 0 Å². The minimum absolute atomic E-state index is 0.0540. The third-order valence-electron chi connectivity index (χ3n) is 3.65. The largest absolute Gasteiger partial charge is 0.381 e. The topological polar surface area (TPSA) is 30.5 Å². The molecule has 1 saturated heterocycles. The van der Waals surface area contributed by atoms with Crippen LogP contribution in [0.2, 0.25) is 0 Å². The van der Waals surface area contributed by atoms with E-state index in [1.807, 2.05) is 0 Å². The van der Waals surface area contributed by atoms with Crippen molar-refractivity contribution >= 4 is 0 Å². The van der Waals surface area contributed by atoms with Gasteiger partial charge in [-0.3, -0.25) is 0 Å². The highest BCUT2D eigenvalue weighted by atomic mass is 16.5. The molecular weight excluding hydrogens is 214 g/mol. The van der Waals surface area contributed by atoms with Gasteiger partial charge in [0.1, 0.15) is 0 Å². The first-order valence-electron chi connectivity index (χ1n) is 7.11. The van der Waals surface area contributed by atoms with Crippen LogP contribution in [0.1, 0.15) is 46.0 Å². The van der Waals surface area contributed by atoms with Gasteiger partial charge in [0, 0.05) is 25.9 Å². The highest BCUT2D eigenvalue weighted by Gasteiger charge is 2.28. The Morgan fingerprint density at radius 1 is 1.29 bits per heavy atom. The Morgan fingerprint density at radius 3 is 2.82 bits per heavy atom. The third-order valence-corrected chi connectivity index (χ3v) is 3.65. The Labute approximate surface area is 105 Å². The Hall–Kier alpha value is -0.120. The predicted octanol–water partition coefficient (Wildman–Crippen LogP) is 2.35. The predicted molar refractivity (Wildman–Crippen MR) is 69.2 cm³/mol. The van der Waals surface area contributed by atoms with Crippen LogP contribution in [-0.2, 0) is 9.47 Å². The van der Waals surface area contributed by atoms with E-state index in [1.54, 1.807) is 0 Å². The Kier molecular flexibility index (Phi) is 4.83. The molecule has 0 aromatic carbocycles. The standard InChI is InChI=1S/C14H27NO2/c1-14(2)10-13(6-9-17-14)15-7-3-8-16-11-12-4-5-12/h12-13,15H,3-11H2,1-2H3. The van der Waals surface area contributed by atoms with Gasteiger partial charge in [0.25, 0.3) is 0 Å². The van der Waals surface area contributed by atoms with E-state index in [0.717, 1.165) is 51.5 Å². The van der Waals surface area contributed by atoms with Gasteiger partial charge < -0.3 is 14.8 Å². The Balaban J connectivity index is 1.46. The lowest BCUT2D eigenvalue weighted by molar-refractivity contribution is -0.0629. The van der Waals surface area contributed by atoms with E-state index < -0.39 is 0 Å². The van der Waals surface area contributed by atoms with Crippen LogP contribution in [0.25, 0.3) is 0 Å². The molecule has 0 spiro atoms. The summed E-state index contributed by atoms with van der Waals surface area (Å²) < 4.78 is 11.3. The van der Waals surface area contributed by atoms with Crippen LogP contribution >= 0.6 is 0 Å². The monoisotopic (exact) mass is 241 g/mol. The first-order chi connectivity index (χ1) is 8.16. The summed E-state index contributed by atoms with van der Waals surface area (Å²) in [6.45, 7) is 8.23. The van der Waals surface area contributed by atoms with E-state index >= 15 is 0 Å². The van der Waals surface area contributed by atoms with Crippen LogP contribution in [0.15, 0.2) is 0 Å². The van der Waals surface area contributed by atoms with Crippen molar-refractivity contribution in [1.82, 2.24) is 5.32 Å². The minimum atomic E-state index is 0.0540. The summed E-state index contributed by atoms with van der Waals surface area (Å²) in [5, 5.41) is 3.62. The quantitative estimate of drug-likeness (QED) is 0.694. The van der Waals surface area contributed by atoms with Gasteiger partial charge in [-0.1, -0.05) is 0 Å². The maximum absolute atomic E-state index is 5.71. The van der Waals surface area contributed by atoms with Crippen molar-refractivity contribution in [3.63, 3.8) is 0 Å². The Bertz CT molecular complexity index is 226. The summed E-state index contributed by atoms with van der Waals surface area (Å²) in [4.78, 5) is 0. The maximum atomic E-state index is 5.71. The first kappa shape index (κ1) is 13.3. The summed E-state index contributed by atoms with van der Waals surface area (Å²) in [5.74, 6) is 0.888. The zero-order valence-corrected chi connectivity index (χ0v) is 11.3. The molecule has 1 heterocycles. The van der Waals surface area contributed by atoms with Crippen molar-refractivity contribution in [3.8, 4) is 0 Å². The molecule has 17 heavy (non-hydrogen) atoms. The molecule has 1 saturated carbocycles. The van der Waals surface area contributed by atoms with Crippen LogP contribution in [0, 0.1) is 5.92 Å². The molecule has 1 aliphatic carbocycles. The molecule has 0 aromatic heterocycles. The van der Waals surface area contributed by atoms with Crippen LogP contribution in [0.4, 0.5) is 0 Å². The van der Waals surface area contributed by atoms with Crippen LogP contribution in [0.5, 0.6) is 0 Å². The van der Waals surface area contributed by atoms with Gasteiger partial charge in [-0.05, 0) is 58.4 Å². The molecule has 0 bridgehead atoms. The fourth-order valence-corrected chi connectivity index (χ4v) is 2.42. The molecule has 2 fully saturated rings.